The second kappa shape index (κ2) is 6.45. The minimum atomic E-state index is -0.784. The zero-order valence-electron chi connectivity index (χ0n) is 10.5. The average molecular weight is 361 g/mol. The molecule has 0 saturated carbocycles. The van der Waals surface area contributed by atoms with Crippen LogP contribution in [0, 0.1) is 10.1 Å². The Morgan fingerprint density at radius 1 is 1.40 bits per heavy atom. The van der Waals surface area contributed by atoms with E-state index in [4.69, 9.17) is 0 Å². The zero-order valence-corrected chi connectivity index (χ0v) is 12.9. The minimum absolute atomic E-state index is 0.0219. The van der Waals surface area contributed by atoms with Crippen molar-refractivity contribution < 1.29 is 13.9 Å². The summed E-state index contributed by atoms with van der Waals surface area (Å²) in [5.74, 6) is 0.820. The van der Waals surface area contributed by atoms with Crippen molar-refractivity contribution in [3.63, 3.8) is 0 Å². The van der Waals surface area contributed by atoms with Crippen LogP contribution in [0.15, 0.2) is 22.7 Å². The molecular weight excluding hydrogens is 348 g/mol. The molecule has 0 atom stereocenters. The summed E-state index contributed by atoms with van der Waals surface area (Å²) in [4.78, 5) is 22.4. The number of carbonyl (C=O) groups is 1. The molecule has 8 heteroatoms. The average Bonchev–Trinajstić information content (AvgIpc) is 2.41. The van der Waals surface area contributed by atoms with Gasteiger partial charge in [0.2, 0.25) is 0 Å². The van der Waals surface area contributed by atoms with Crippen molar-refractivity contribution >= 4 is 38.3 Å². The van der Waals surface area contributed by atoms with Crippen LogP contribution in [0.3, 0.4) is 0 Å². The van der Waals surface area contributed by atoms with Gasteiger partial charge in [-0.15, -0.1) is 0 Å². The largest absolute Gasteiger partial charge is 0.349 e. The Bertz CT molecular complexity index is 569. The third-order valence-electron chi connectivity index (χ3n) is 3.14. The summed E-state index contributed by atoms with van der Waals surface area (Å²) < 4.78 is 11.4. The molecule has 0 spiro atoms. The van der Waals surface area contributed by atoms with Crippen LogP contribution in [0.1, 0.15) is 23.2 Å². The van der Waals surface area contributed by atoms with E-state index in [0.717, 1.165) is 0 Å². The Kier molecular flexibility index (Phi) is 4.87. The molecule has 1 heterocycles. The fourth-order valence-electron chi connectivity index (χ4n) is 2.04. The van der Waals surface area contributed by atoms with Crippen molar-refractivity contribution in [3.05, 3.63) is 38.3 Å². The summed E-state index contributed by atoms with van der Waals surface area (Å²) in [5.41, 5.74) is 0.105. The van der Waals surface area contributed by atoms with Gasteiger partial charge in [0, 0.05) is 34.4 Å². The number of hydrogen-bond acceptors (Lipinski definition) is 4. The summed E-state index contributed by atoms with van der Waals surface area (Å²) in [7, 11) is -0.784. The van der Waals surface area contributed by atoms with Crippen LogP contribution in [0.25, 0.3) is 0 Å². The van der Waals surface area contributed by atoms with E-state index in [9.17, 15) is 19.1 Å². The Morgan fingerprint density at radius 3 is 2.65 bits per heavy atom. The van der Waals surface area contributed by atoms with Gasteiger partial charge < -0.3 is 5.32 Å². The summed E-state index contributed by atoms with van der Waals surface area (Å²) in [6.07, 6.45) is 1.34. The van der Waals surface area contributed by atoms with Crippen molar-refractivity contribution in [1.82, 2.24) is 5.32 Å². The third-order valence-corrected chi connectivity index (χ3v) is 5.36. The van der Waals surface area contributed by atoms with Gasteiger partial charge in [0.05, 0.1) is 10.5 Å². The van der Waals surface area contributed by atoms with Crippen LogP contribution in [0.5, 0.6) is 0 Å². The monoisotopic (exact) mass is 360 g/mol. The summed E-state index contributed by atoms with van der Waals surface area (Å²) in [6, 6.07) is 4.33. The normalized spacial score (nSPS) is 22.2. The third kappa shape index (κ3) is 3.43. The SMILES string of the molecule is O=C(NC1CCS(=O)CC1)c1cccc([N+](=O)[O-])c1Br. The number of halogens is 1. The molecule has 0 aromatic heterocycles. The number of hydrogen-bond donors (Lipinski definition) is 1. The van der Waals surface area contributed by atoms with Crippen molar-refractivity contribution in [2.75, 3.05) is 11.5 Å². The van der Waals surface area contributed by atoms with Crippen molar-refractivity contribution in [3.8, 4) is 0 Å². The van der Waals surface area contributed by atoms with Crippen LogP contribution in [0.4, 0.5) is 5.69 Å². The maximum absolute atomic E-state index is 12.2. The van der Waals surface area contributed by atoms with Crippen LogP contribution in [-0.4, -0.2) is 32.6 Å². The number of amides is 1. The smallest absolute Gasteiger partial charge is 0.284 e. The molecule has 108 valence electrons. The standard InChI is InChI=1S/C12H13BrN2O4S/c13-11-9(2-1-3-10(11)15(17)18)12(16)14-8-4-6-20(19)7-5-8/h1-3,8H,4-7H2,(H,14,16). The van der Waals surface area contributed by atoms with E-state index in [0.29, 0.717) is 24.3 Å². The zero-order chi connectivity index (χ0) is 14.7. The first kappa shape index (κ1) is 15.1. The lowest BCUT2D eigenvalue weighted by atomic mass is 10.1. The predicted octanol–water partition coefficient (Wildman–Crippen LogP) is 2.00. The van der Waals surface area contributed by atoms with E-state index in [2.05, 4.69) is 21.2 Å². The van der Waals surface area contributed by atoms with E-state index < -0.39 is 15.7 Å². The fraction of sp³-hybridized carbons (Fsp3) is 0.417. The highest BCUT2D eigenvalue weighted by atomic mass is 79.9. The first-order chi connectivity index (χ1) is 9.49. The van der Waals surface area contributed by atoms with Crippen LogP contribution >= 0.6 is 15.9 Å². The highest BCUT2D eigenvalue weighted by Gasteiger charge is 2.23. The second-order valence-electron chi connectivity index (χ2n) is 4.49. The van der Waals surface area contributed by atoms with Crippen LogP contribution in [-0.2, 0) is 10.8 Å². The van der Waals surface area contributed by atoms with Crippen molar-refractivity contribution in [1.29, 1.82) is 0 Å². The van der Waals surface area contributed by atoms with Gasteiger partial charge in [-0.05, 0) is 34.8 Å². The van der Waals surface area contributed by atoms with Crippen LogP contribution < -0.4 is 5.32 Å². The van der Waals surface area contributed by atoms with Gasteiger partial charge in [-0.25, -0.2) is 0 Å². The molecule has 0 aliphatic carbocycles. The van der Waals surface area contributed by atoms with Gasteiger partial charge >= 0.3 is 0 Å². The number of rotatable bonds is 3. The highest BCUT2D eigenvalue weighted by Crippen LogP contribution is 2.28. The molecular formula is C12H13BrN2O4S. The van der Waals surface area contributed by atoms with Crippen molar-refractivity contribution in [2.45, 2.75) is 18.9 Å². The number of nitrogens with zero attached hydrogens (tertiary/aromatic N) is 1. The topological polar surface area (TPSA) is 89.3 Å². The number of carbonyl (C=O) groups excluding carboxylic acids is 1. The van der Waals surface area contributed by atoms with Gasteiger partial charge in [-0.3, -0.25) is 19.1 Å². The van der Waals surface area contributed by atoms with E-state index in [-0.39, 0.29) is 27.7 Å². The molecule has 20 heavy (non-hydrogen) atoms. The molecule has 0 bridgehead atoms. The lowest BCUT2D eigenvalue weighted by Gasteiger charge is -2.22. The Balaban J connectivity index is 2.11. The van der Waals surface area contributed by atoms with Gasteiger partial charge in [0.25, 0.3) is 11.6 Å². The van der Waals surface area contributed by atoms with Crippen molar-refractivity contribution in [2.24, 2.45) is 0 Å². The molecule has 1 aliphatic rings. The second-order valence-corrected chi connectivity index (χ2v) is 6.98. The summed E-state index contributed by atoms with van der Waals surface area (Å²) in [6.45, 7) is 0. The molecule has 1 fully saturated rings. The maximum atomic E-state index is 12.2. The molecule has 0 radical (unpaired) electrons. The fourth-order valence-corrected chi connectivity index (χ4v) is 3.93. The lowest BCUT2D eigenvalue weighted by molar-refractivity contribution is -0.385. The van der Waals surface area contributed by atoms with E-state index in [1.807, 2.05) is 0 Å². The van der Waals surface area contributed by atoms with E-state index in [1.54, 1.807) is 0 Å². The quantitative estimate of drug-likeness (QED) is 0.659. The molecule has 0 unspecified atom stereocenters. The molecule has 6 nitrogen and oxygen atoms in total. The Hall–Kier alpha value is -1.28. The Labute approximate surface area is 126 Å². The number of nitro benzene ring substituents is 1. The van der Waals surface area contributed by atoms with Crippen LogP contribution in [0.2, 0.25) is 0 Å². The first-order valence-electron chi connectivity index (χ1n) is 6.08. The minimum Gasteiger partial charge on any atom is -0.349 e. The summed E-state index contributed by atoms with van der Waals surface area (Å²) >= 11 is 3.11. The molecule has 1 aromatic rings. The first-order valence-corrected chi connectivity index (χ1v) is 8.36. The van der Waals surface area contributed by atoms with Gasteiger partial charge in [-0.1, -0.05) is 6.07 Å². The van der Waals surface area contributed by atoms with E-state index >= 15 is 0 Å². The maximum Gasteiger partial charge on any atom is 0.284 e. The van der Waals surface area contributed by atoms with Gasteiger partial charge in [0.1, 0.15) is 4.47 Å². The lowest BCUT2D eigenvalue weighted by Crippen LogP contribution is -2.39. The predicted molar refractivity (Wildman–Crippen MR) is 79.2 cm³/mol. The van der Waals surface area contributed by atoms with Gasteiger partial charge in [0.15, 0.2) is 0 Å². The highest BCUT2D eigenvalue weighted by molar-refractivity contribution is 9.10. The van der Waals surface area contributed by atoms with Gasteiger partial charge in [-0.2, -0.15) is 0 Å². The number of nitro groups is 1. The molecule has 1 aromatic carbocycles. The molecule has 2 rings (SSSR count). The summed E-state index contributed by atoms with van der Waals surface area (Å²) in [5, 5.41) is 13.7. The molecule has 1 amide bonds. The molecule has 1 N–H and O–H groups in total. The Morgan fingerprint density at radius 2 is 2.05 bits per heavy atom. The number of nitrogens with one attached hydrogen (secondary N) is 1. The van der Waals surface area contributed by atoms with E-state index in [1.165, 1.54) is 18.2 Å². The number of benzene rings is 1. The molecule has 1 aliphatic heterocycles. The molecule has 1 saturated heterocycles.